The molecule has 0 fully saturated rings. The third-order valence-electron chi connectivity index (χ3n) is 3.03. The van der Waals surface area contributed by atoms with Crippen molar-refractivity contribution in [2.24, 2.45) is 0 Å². The maximum Gasteiger partial charge on any atom is 0.119 e. The zero-order chi connectivity index (χ0) is 13.4. The zero-order valence-electron chi connectivity index (χ0n) is 12.0. The van der Waals surface area contributed by atoms with Gasteiger partial charge in [0.15, 0.2) is 0 Å². The quantitative estimate of drug-likeness (QED) is 0.770. The topological polar surface area (TPSA) is 30.5 Å². The average molecular weight is 251 g/mol. The molecule has 0 aliphatic heterocycles. The van der Waals surface area contributed by atoms with Gasteiger partial charge in [-0.25, -0.2) is 0 Å². The lowest BCUT2D eigenvalue weighted by Crippen LogP contribution is -2.25. The summed E-state index contributed by atoms with van der Waals surface area (Å²) in [5.74, 6) is 0.919. The Bertz CT molecular complexity index is 333. The van der Waals surface area contributed by atoms with Gasteiger partial charge < -0.3 is 14.8 Å². The molecule has 0 spiro atoms. The van der Waals surface area contributed by atoms with Gasteiger partial charge in [0, 0.05) is 20.1 Å². The summed E-state index contributed by atoms with van der Waals surface area (Å²) in [7, 11) is 1.73. The van der Waals surface area contributed by atoms with Crippen LogP contribution in [0, 0.1) is 0 Å². The molecule has 0 saturated carbocycles. The molecule has 0 amide bonds. The van der Waals surface area contributed by atoms with Gasteiger partial charge in [0.2, 0.25) is 0 Å². The van der Waals surface area contributed by atoms with Crippen LogP contribution >= 0.6 is 0 Å². The van der Waals surface area contributed by atoms with E-state index < -0.39 is 0 Å². The van der Waals surface area contributed by atoms with Gasteiger partial charge in [0.25, 0.3) is 0 Å². The van der Waals surface area contributed by atoms with Gasteiger partial charge in [-0.3, -0.25) is 0 Å². The van der Waals surface area contributed by atoms with Crippen molar-refractivity contribution < 1.29 is 9.47 Å². The first kappa shape index (κ1) is 15.0. The maximum absolute atomic E-state index is 5.70. The number of hydrogen-bond acceptors (Lipinski definition) is 3. The molecule has 0 saturated heterocycles. The van der Waals surface area contributed by atoms with E-state index in [1.165, 1.54) is 5.56 Å². The lowest BCUT2D eigenvalue weighted by atomic mass is 10.1. The molecule has 3 nitrogen and oxygen atoms in total. The summed E-state index contributed by atoms with van der Waals surface area (Å²) < 4.78 is 11.1. The summed E-state index contributed by atoms with van der Waals surface area (Å²) in [5, 5.41) is 3.30. The van der Waals surface area contributed by atoms with Crippen molar-refractivity contribution in [3.63, 3.8) is 0 Å². The Labute approximate surface area is 110 Å². The second-order valence-corrected chi connectivity index (χ2v) is 4.99. The van der Waals surface area contributed by atoms with Crippen LogP contribution in [0.25, 0.3) is 0 Å². The SMILES string of the molecule is CCNCc1ccc(OCCC(C)(C)OC)cc1. The third-order valence-corrected chi connectivity index (χ3v) is 3.03. The van der Waals surface area contributed by atoms with E-state index in [1.807, 2.05) is 12.1 Å². The van der Waals surface area contributed by atoms with E-state index in [-0.39, 0.29) is 5.60 Å². The minimum Gasteiger partial charge on any atom is -0.493 e. The molecule has 1 rings (SSSR count). The van der Waals surface area contributed by atoms with Crippen LogP contribution in [0.4, 0.5) is 0 Å². The number of hydrogen-bond donors (Lipinski definition) is 1. The molecule has 0 aliphatic carbocycles. The zero-order valence-corrected chi connectivity index (χ0v) is 12.0. The van der Waals surface area contributed by atoms with Crippen molar-refractivity contribution in [1.82, 2.24) is 5.32 Å². The molecule has 102 valence electrons. The van der Waals surface area contributed by atoms with Gasteiger partial charge in [-0.1, -0.05) is 19.1 Å². The van der Waals surface area contributed by atoms with E-state index in [0.29, 0.717) is 6.61 Å². The third kappa shape index (κ3) is 5.52. The lowest BCUT2D eigenvalue weighted by Gasteiger charge is -2.22. The van der Waals surface area contributed by atoms with E-state index in [2.05, 4.69) is 38.2 Å². The molecule has 0 aliphatic rings. The highest BCUT2D eigenvalue weighted by Gasteiger charge is 2.15. The number of benzene rings is 1. The molecular weight excluding hydrogens is 226 g/mol. The molecule has 1 aromatic carbocycles. The van der Waals surface area contributed by atoms with Crippen molar-refractivity contribution in [2.75, 3.05) is 20.3 Å². The Morgan fingerprint density at radius 3 is 2.39 bits per heavy atom. The molecule has 0 heterocycles. The smallest absolute Gasteiger partial charge is 0.119 e. The molecule has 0 aromatic heterocycles. The van der Waals surface area contributed by atoms with Crippen LogP contribution in [-0.2, 0) is 11.3 Å². The van der Waals surface area contributed by atoms with Crippen LogP contribution in [0.5, 0.6) is 5.75 Å². The van der Waals surface area contributed by atoms with Gasteiger partial charge in [-0.2, -0.15) is 0 Å². The molecule has 3 heteroatoms. The standard InChI is InChI=1S/C15H25NO2/c1-5-16-12-13-6-8-14(9-7-13)18-11-10-15(2,3)17-4/h6-9,16H,5,10-12H2,1-4H3. The highest BCUT2D eigenvalue weighted by atomic mass is 16.5. The molecule has 18 heavy (non-hydrogen) atoms. The van der Waals surface area contributed by atoms with Gasteiger partial charge >= 0.3 is 0 Å². The average Bonchev–Trinajstić information content (AvgIpc) is 2.38. The second-order valence-electron chi connectivity index (χ2n) is 4.99. The van der Waals surface area contributed by atoms with E-state index in [9.17, 15) is 0 Å². The molecule has 0 unspecified atom stereocenters. The van der Waals surface area contributed by atoms with Crippen LogP contribution in [0.1, 0.15) is 32.8 Å². The van der Waals surface area contributed by atoms with E-state index in [4.69, 9.17) is 9.47 Å². The normalized spacial score (nSPS) is 11.6. The Morgan fingerprint density at radius 1 is 1.17 bits per heavy atom. The number of methoxy groups -OCH3 is 1. The summed E-state index contributed by atoms with van der Waals surface area (Å²) in [6.07, 6.45) is 0.878. The summed E-state index contributed by atoms with van der Waals surface area (Å²) in [6, 6.07) is 8.23. The lowest BCUT2D eigenvalue weighted by molar-refractivity contribution is 0.00545. The van der Waals surface area contributed by atoms with Crippen LogP contribution in [0.15, 0.2) is 24.3 Å². The molecule has 0 atom stereocenters. The molecule has 1 aromatic rings. The van der Waals surface area contributed by atoms with Crippen LogP contribution in [0.3, 0.4) is 0 Å². The highest BCUT2D eigenvalue weighted by molar-refractivity contribution is 5.27. The van der Waals surface area contributed by atoms with Gasteiger partial charge in [0.05, 0.1) is 12.2 Å². The first-order chi connectivity index (χ1) is 8.57. The summed E-state index contributed by atoms with van der Waals surface area (Å²) in [4.78, 5) is 0. The Kier molecular flexibility index (Phi) is 6.16. The van der Waals surface area contributed by atoms with Crippen LogP contribution < -0.4 is 10.1 Å². The number of nitrogens with one attached hydrogen (secondary N) is 1. The second kappa shape index (κ2) is 7.39. The summed E-state index contributed by atoms with van der Waals surface area (Å²) in [6.45, 7) is 8.81. The summed E-state index contributed by atoms with van der Waals surface area (Å²) in [5.41, 5.74) is 1.16. The molecule has 0 radical (unpaired) electrons. The first-order valence-electron chi connectivity index (χ1n) is 6.55. The first-order valence-corrected chi connectivity index (χ1v) is 6.55. The fourth-order valence-electron chi connectivity index (χ4n) is 1.49. The van der Waals surface area contributed by atoms with Crippen molar-refractivity contribution in [2.45, 2.75) is 39.3 Å². The van der Waals surface area contributed by atoms with Gasteiger partial charge in [-0.05, 0) is 38.1 Å². The minimum absolute atomic E-state index is 0.120. The molecule has 1 N–H and O–H groups in total. The largest absolute Gasteiger partial charge is 0.493 e. The molecular formula is C15H25NO2. The van der Waals surface area contributed by atoms with Crippen molar-refractivity contribution >= 4 is 0 Å². The highest BCUT2D eigenvalue weighted by Crippen LogP contribution is 2.16. The summed E-state index contributed by atoms with van der Waals surface area (Å²) >= 11 is 0. The van der Waals surface area contributed by atoms with E-state index in [1.54, 1.807) is 7.11 Å². The number of rotatable bonds is 8. The Hall–Kier alpha value is -1.06. The maximum atomic E-state index is 5.70. The minimum atomic E-state index is -0.120. The fourth-order valence-corrected chi connectivity index (χ4v) is 1.49. The van der Waals surface area contributed by atoms with Crippen LogP contribution in [0.2, 0.25) is 0 Å². The fraction of sp³-hybridized carbons (Fsp3) is 0.600. The van der Waals surface area contributed by atoms with Crippen molar-refractivity contribution in [1.29, 1.82) is 0 Å². The Morgan fingerprint density at radius 2 is 1.83 bits per heavy atom. The number of ether oxygens (including phenoxy) is 2. The molecule has 0 bridgehead atoms. The predicted octanol–water partition coefficient (Wildman–Crippen LogP) is 2.99. The van der Waals surface area contributed by atoms with Crippen molar-refractivity contribution in [3.05, 3.63) is 29.8 Å². The Balaban J connectivity index is 2.35. The van der Waals surface area contributed by atoms with Gasteiger partial charge in [-0.15, -0.1) is 0 Å². The van der Waals surface area contributed by atoms with E-state index in [0.717, 1.165) is 25.3 Å². The predicted molar refractivity (Wildman–Crippen MR) is 75.0 cm³/mol. The van der Waals surface area contributed by atoms with Gasteiger partial charge in [0.1, 0.15) is 5.75 Å². The van der Waals surface area contributed by atoms with Crippen molar-refractivity contribution in [3.8, 4) is 5.75 Å². The monoisotopic (exact) mass is 251 g/mol. The van der Waals surface area contributed by atoms with E-state index >= 15 is 0 Å². The van der Waals surface area contributed by atoms with Crippen LogP contribution in [-0.4, -0.2) is 25.9 Å².